The summed E-state index contributed by atoms with van der Waals surface area (Å²) in [6.07, 6.45) is 3.22. The van der Waals surface area contributed by atoms with Crippen LogP contribution >= 0.6 is 0 Å². The fraction of sp³-hybridized carbons (Fsp3) is 0.200. The molecule has 4 nitrogen and oxygen atoms in total. The predicted octanol–water partition coefficient (Wildman–Crippen LogP) is 3.45. The van der Waals surface area contributed by atoms with Crippen LogP contribution in [0.4, 0.5) is 14.9 Å². The number of halogens is 1. The van der Waals surface area contributed by atoms with Crippen LogP contribution in [0.3, 0.4) is 0 Å². The minimum Gasteiger partial charge on any atom is -0.321 e. The lowest BCUT2D eigenvalue weighted by Gasteiger charge is -2.25. The monoisotopic (exact) mass is 273 g/mol. The molecule has 0 bridgehead atoms. The van der Waals surface area contributed by atoms with E-state index in [2.05, 4.69) is 10.3 Å². The van der Waals surface area contributed by atoms with Crippen molar-refractivity contribution < 1.29 is 9.18 Å². The molecule has 0 unspecified atom stereocenters. The van der Waals surface area contributed by atoms with E-state index in [4.69, 9.17) is 0 Å². The van der Waals surface area contributed by atoms with Crippen molar-refractivity contribution in [3.05, 3.63) is 60.2 Å². The van der Waals surface area contributed by atoms with Gasteiger partial charge in [0.15, 0.2) is 0 Å². The van der Waals surface area contributed by atoms with Crippen molar-refractivity contribution in [2.45, 2.75) is 13.0 Å². The molecule has 2 amide bonds. The first-order valence-electron chi connectivity index (χ1n) is 6.27. The van der Waals surface area contributed by atoms with Gasteiger partial charge in [-0.05, 0) is 36.8 Å². The molecular weight excluding hydrogens is 257 g/mol. The van der Waals surface area contributed by atoms with Gasteiger partial charge in [-0.1, -0.05) is 12.1 Å². The van der Waals surface area contributed by atoms with Gasteiger partial charge >= 0.3 is 6.03 Å². The van der Waals surface area contributed by atoms with Crippen molar-refractivity contribution in [3.63, 3.8) is 0 Å². The van der Waals surface area contributed by atoms with E-state index in [-0.39, 0.29) is 17.9 Å². The maximum atomic E-state index is 12.9. The molecule has 0 radical (unpaired) electrons. The number of benzene rings is 1. The average molecular weight is 273 g/mol. The second-order valence-corrected chi connectivity index (χ2v) is 4.51. The van der Waals surface area contributed by atoms with E-state index >= 15 is 0 Å². The fourth-order valence-electron chi connectivity index (χ4n) is 1.79. The zero-order valence-electron chi connectivity index (χ0n) is 11.4. The van der Waals surface area contributed by atoms with Crippen LogP contribution in [-0.2, 0) is 0 Å². The highest BCUT2D eigenvalue weighted by Crippen LogP contribution is 2.19. The molecule has 1 aromatic heterocycles. The SMILES string of the molecule is C[C@@H](c1ccc(F)cc1)N(C)C(=O)Nc1cccnc1. The lowest BCUT2D eigenvalue weighted by molar-refractivity contribution is 0.208. The largest absolute Gasteiger partial charge is 0.322 e. The Morgan fingerprint density at radius 2 is 2.00 bits per heavy atom. The number of hydrogen-bond acceptors (Lipinski definition) is 2. The molecule has 0 saturated heterocycles. The Morgan fingerprint density at radius 3 is 2.60 bits per heavy atom. The Bertz CT molecular complexity index is 571. The van der Waals surface area contributed by atoms with Crippen LogP contribution in [0.1, 0.15) is 18.5 Å². The number of carbonyl (C=O) groups excluding carboxylic acids is 1. The predicted molar refractivity (Wildman–Crippen MR) is 75.8 cm³/mol. The first-order valence-corrected chi connectivity index (χ1v) is 6.27. The van der Waals surface area contributed by atoms with Crippen molar-refractivity contribution in [1.29, 1.82) is 0 Å². The first kappa shape index (κ1) is 14.0. The zero-order valence-corrected chi connectivity index (χ0v) is 11.4. The summed E-state index contributed by atoms with van der Waals surface area (Å²) in [5.74, 6) is -0.289. The molecule has 0 aliphatic rings. The molecule has 1 aromatic carbocycles. The Labute approximate surface area is 117 Å². The molecular formula is C15H16FN3O. The summed E-state index contributed by atoms with van der Waals surface area (Å²) >= 11 is 0. The summed E-state index contributed by atoms with van der Waals surface area (Å²) < 4.78 is 12.9. The molecule has 104 valence electrons. The van der Waals surface area contributed by atoms with Crippen molar-refractivity contribution in [2.24, 2.45) is 0 Å². The minimum atomic E-state index is -0.289. The summed E-state index contributed by atoms with van der Waals surface area (Å²) in [5.41, 5.74) is 1.51. The van der Waals surface area contributed by atoms with Crippen molar-refractivity contribution in [1.82, 2.24) is 9.88 Å². The summed E-state index contributed by atoms with van der Waals surface area (Å²) in [6.45, 7) is 1.88. The van der Waals surface area contributed by atoms with Crippen LogP contribution in [0, 0.1) is 5.82 Å². The molecule has 5 heteroatoms. The molecule has 2 aromatic rings. The first-order chi connectivity index (χ1) is 9.58. The quantitative estimate of drug-likeness (QED) is 0.931. The summed E-state index contributed by atoms with van der Waals surface area (Å²) in [5, 5.41) is 2.75. The average Bonchev–Trinajstić information content (AvgIpc) is 2.47. The van der Waals surface area contributed by atoms with Gasteiger partial charge in [-0.25, -0.2) is 9.18 Å². The third kappa shape index (κ3) is 3.32. The van der Waals surface area contributed by atoms with Crippen LogP contribution in [0.25, 0.3) is 0 Å². The Morgan fingerprint density at radius 1 is 1.30 bits per heavy atom. The summed E-state index contributed by atoms with van der Waals surface area (Å²) in [6, 6.07) is 9.24. The number of amides is 2. The minimum absolute atomic E-state index is 0.160. The van der Waals surface area contributed by atoms with Crippen molar-refractivity contribution >= 4 is 11.7 Å². The van der Waals surface area contributed by atoms with E-state index in [0.29, 0.717) is 5.69 Å². The van der Waals surface area contributed by atoms with Crippen LogP contribution in [0.2, 0.25) is 0 Å². The highest BCUT2D eigenvalue weighted by atomic mass is 19.1. The third-order valence-electron chi connectivity index (χ3n) is 3.17. The number of aromatic nitrogens is 1. The molecule has 2 rings (SSSR count). The molecule has 0 saturated carbocycles. The normalized spacial score (nSPS) is 11.8. The maximum Gasteiger partial charge on any atom is 0.322 e. The highest BCUT2D eigenvalue weighted by Gasteiger charge is 2.17. The number of urea groups is 1. The number of anilines is 1. The van der Waals surface area contributed by atoms with Crippen molar-refractivity contribution in [3.8, 4) is 0 Å². The lowest BCUT2D eigenvalue weighted by atomic mass is 10.1. The van der Waals surface area contributed by atoms with Crippen LogP contribution in [-0.4, -0.2) is 23.0 Å². The van der Waals surface area contributed by atoms with Gasteiger partial charge in [-0.2, -0.15) is 0 Å². The number of nitrogens with zero attached hydrogens (tertiary/aromatic N) is 2. The molecule has 0 aliphatic heterocycles. The van der Waals surface area contributed by atoms with Crippen molar-refractivity contribution in [2.75, 3.05) is 12.4 Å². The lowest BCUT2D eigenvalue weighted by Crippen LogP contribution is -2.33. The van der Waals surface area contributed by atoms with Gasteiger partial charge in [0.2, 0.25) is 0 Å². The van der Waals surface area contributed by atoms with Gasteiger partial charge in [-0.15, -0.1) is 0 Å². The van der Waals surface area contributed by atoms with E-state index in [1.165, 1.54) is 12.1 Å². The number of pyridine rings is 1. The van der Waals surface area contributed by atoms with Crippen LogP contribution < -0.4 is 5.32 Å². The van der Waals surface area contributed by atoms with Gasteiger partial charge in [0, 0.05) is 13.2 Å². The highest BCUT2D eigenvalue weighted by molar-refractivity contribution is 5.89. The molecule has 0 aliphatic carbocycles. The summed E-state index contributed by atoms with van der Waals surface area (Å²) in [4.78, 5) is 17.6. The number of nitrogens with one attached hydrogen (secondary N) is 1. The fourth-order valence-corrected chi connectivity index (χ4v) is 1.79. The Hall–Kier alpha value is -2.43. The Balaban J connectivity index is 2.04. The van der Waals surface area contributed by atoms with Crippen LogP contribution in [0.15, 0.2) is 48.8 Å². The number of hydrogen-bond donors (Lipinski definition) is 1. The van der Waals surface area contributed by atoms with E-state index in [1.807, 2.05) is 6.92 Å². The zero-order chi connectivity index (χ0) is 14.5. The molecule has 0 spiro atoms. The molecule has 1 atom stereocenters. The smallest absolute Gasteiger partial charge is 0.321 e. The standard InChI is InChI=1S/C15H16FN3O/c1-11(12-5-7-13(16)8-6-12)19(2)15(20)18-14-4-3-9-17-10-14/h3-11H,1-2H3,(H,18,20)/t11-/m0/s1. The van der Waals surface area contributed by atoms with Crippen LogP contribution in [0.5, 0.6) is 0 Å². The third-order valence-corrected chi connectivity index (χ3v) is 3.17. The number of carbonyl (C=O) groups is 1. The van der Waals surface area contributed by atoms with E-state index < -0.39 is 0 Å². The maximum absolute atomic E-state index is 12.9. The molecule has 1 N–H and O–H groups in total. The van der Waals surface area contributed by atoms with Gasteiger partial charge in [-0.3, -0.25) is 4.98 Å². The topological polar surface area (TPSA) is 45.2 Å². The van der Waals surface area contributed by atoms with Gasteiger partial charge in [0.05, 0.1) is 17.9 Å². The summed E-state index contributed by atoms with van der Waals surface area (Å²) in [7, 11) is 1.69. The van der Waals surface area contributed by atoms with Gasteiger partial charge < -0.3 is 10.2 Å². The Kier molecular flexibility index (Phi) is 4.30. The van der Waals surface area contributed by atoms with Gasteiger partial charge in [0.25, 0.3) is 0 Å². The second kappa shape index (κ2) is 6.14. The molecule has 1 heterocycles. The molecule has 0 fully saturated rings. The number of rotatable bonds is 3. The molecule has 20 heavy (non-hydrogen) atoms. The van der Waals surface area contributed by atoms with E-state index in [1.54, 1.807) is 48.6 Å². The van der Waals surface area contributed by atoms with E-state index in [9.17, 15) is 9.18 Å². The second-order valence-electron chi connectivity index (χ2n) is 4.51. The van der Waals surface area contributed by atoms with E-state index in [0.717, 1.165) is 5.56 Å². The van der Waals surface area contributed by atoms with Gasteiger partial charge in [0.1, 0.15) is 5.82 Å².